The lowest BCUT2D eigenvalue weighted by Gasteiger charge is -2.22. The topological polar surface area (TPSA) is 81.8 Å². The Kier molecular flexibility index (Phi) is 4.49. The van der Waals surface area contributed by atoms with Crippen LogP contribution < -0.4 is 10.5 Å². The Morgan fingerprint density at radius 2 is 2.00 bits per heavy atom. The summed E-state index contributed by atoms with van der Waals surface area (Å²) in [6.45, 7) is 6.70. The Hall–Kier alpha value is -1.56. The van der Waals surface area contributed by atoms with Gasteiger partial charge in [0.2, 0.25) is 0 Å². The third-order valence-corrected chi connectivity index (χ3v) is 3.76. The highest BCUT2D eigenvalue weighted by atomic mass is 32.2. The number of sulfonamides is 1. The second-order valence-electron chi connectivity index (χ2n) is 5.84. The Balaban J connectivity index is 0.00000200. The number of hydrogen-bond acceptors (Lipinski definition) is 4. The van der Waals surface area contributed by atoms with E-state index in [2.05, 4.69) is 25.2 Å². The Labute approximate surface area is 120 Å². The summed E-state index contributed by atoms with van der Waals surface area (Å²) in [6.07, 6.45) is 0. The highest BCUT2D eigenvalue weighted by molar-refractivity contribution is 7.89. The maximum absolute atomic E-state index is 11.5. The molecule has 2 N–H and O–H groups in total. The van der Waals surface area contributed by atoms with Crippen LogP contribution in [0.2, 0.25) is 0 Å². The van der Waals surface area contributed by atoms with Gasteiger partial charge in [-0.1, -0.05) is 40.3 Å². The van der Waals surface area contributed by atoms with Gasteiger partial charge in [0, 0.05) is 0 Å². The summed E-state index contributed by atoms with van der Waals surface area (Å²) in [7, 11) is -3.50. The zero-order valence-corrected chi connectivity index (χ0v) is 12.1. The van der Waals surface area contributed by atoms with Crippen molar-refractivity contribution in [2.24, 2.45) is 15.5 Å². The first-order valence-electron chi connectivity index (χ1n) is 6.01. The number of benzene rings is 1. The quantitative estimate of drug-likeness (QED) is 0.908. The standard InChI is InChI=1S/C13H18N2O3S.CH4/c1-13(2,3)8-18-10-6-4-5-9-7-19(16,17)15-12(14)11(9)10;/h4-6H,7-8H2,1-3H3,(H2,14,15);1H4. The molecule has 0 saturated heterocycles. The van der Waals surface area contributed by atoms with Crippen molar-refractivity contribution in [3.8, 4) is 5.75 Å². The molecule has 0 aliphatic carbocycles. The fraction of sp³-hybridized carbons (Fsp3) is 0.500. The number of nitrogens with two attached hydrogens (primary N) is 1. The van der Waals surface area contributed by atoms with Crippen LogP contribution >= 0.6 is 0 Å². The van der Waals surface area contributed by atoms with Gasteiger partial charge in [-0.05, 0) is 17.0 Å². The summed E-state index contributed by atoms with van der Waals surface area (Å²) in [5, 5.41) is 0. The number of fused-ring (bicyclic) bond motifs is 1. The van der Waals surface area contributed by atoms with E-state index in [0.29, 0.717) is 23.5 Å². The second-order valence-corrected chi connectivity index (χ2v) is 7.48. The van der Waals surface area contributed by atoms with Gasteiger partial charge in [0.25, 0.3) is 10.0 Å². The summed E-state index contributed by atoms with van der Waals surface area (Å²) < 4.78 is 32.4. The predicted molar refractivity (Wildman–Crippen MR) is 81.5 cm³/mol. The molecule has 1 heterocycles. The molecule has 5 nitrogen and oxygen atoms in total. The van der Waals surface area contributed by atoms with Crippen LogP contribution in [-0.4, -0.2) is 20.9 Å². The van der Waals surface area contributed by atoms with Crippen LogP contribution in [0.3, 0.4) is 0 Å². The molecule has 0 aromatic heterocycles. The van der Waals surface area contributed by atoms with Crippen molar-refractivity contribution in [1.82, 2.24) is 0 Å². The van der Waals surface area contributed by atoms with Crippen molar-refractivity contribution in [3.63, 3.8) is 0 Å². The maximum Gasteiger partial charge on any atom is 0.259 e. The summed E-state index contributed by atoms with van der Waals surface area (Å²) in [4.78, 5) is 0. The van der Waals surface area contributed by atoms with Gasteiger partial charge in [0.05, 0.1) is 17.9 Å². The van der Waals surface area contributed by atoms with Crippen molar-refractivity contribution in [3.05, 3.63) is 29.3 Å². The summed E-state index contributed by atoms with van der Waals surface area (Å²) >= 11 is 0. The molecule has 1 aromatic carbocycles. The summed E-state index contributed by atoms with van der Waals surface area (Å²) in [6, 6.07) is 5.29. The van der Waals surface area contributed by atoms with Gasteiger partial charge >= 0.3 is 0 Å². The lowest BCUT2D eigenvalue weighted by atomic mass is 9.98. The van der Waals surface area contributed by atoms with Crippen LogP contribution in [0.25, 0.3) is 0 Å². The summed E-state index contributed by atoms with van der Waals surface area (Å²) in [5.74, 6) is 0.463. The number of nitrogens with zero attached hydrogens (tertiary/aromatic N) is 1. The average Bonchev–Trinajstić information content (AvgIpc) is 2.22. The number of amidine groups is 1. The van der Waals surface area contributed by atoms with Gasteiger partial charge < -0.3 is 10.5 Å². The Morgan fingerprint density at radius 1 is 1.35 bits per heavy atom. The minimum Gasteiger partial charge on any atom is -0.492 e. The third-order valence-electron chi connectivity index (χ3n) is 2.60. The van der Waals surface area contributed by atoms with Gasteiger partial charge in [-0.2, -0.15) is 0 Å². The average molecular weight is 298 g/mol. The molecule has 0 amide bonds. The fourth-order valence-electron chi connectivity index (χ4n) is 1.83. The van der Waals surface area contributed by atoms with Crippen LogP contribution in [0.15, 0.2) is 22.6 Å². The third kappa shape index (κ3) is 3.72. The van der Waals surface area contributed by atoms with E-state index in [9.17, 15) is 8.42 Å². The molecule has 1 aromatic rings. The zero-order chi connectivity index (χ0) is 14.3. The van der Waals surface area contributed by atoms with E-state index >= 15 is 0 Å². The van der Waals surface area contributed by atoms with E-state index in [1.54, 1.807) is 18.2 Å². The fourth-order valence-corrected chi connectivity index (χ4v) is 2.92. The molecule has 0 saturated carbocycles. The molecular weight excluding hydrogens is 276 g/mol. The van der Waals surface area contributed by atoms with Crippen molar-refractivity contribution >= 4 is 15.9 Å². The van der Waals surface area contributed by atoms with Gasteiger partial charge in [0.1, 0.15) is 11.6 Å². The molecule has 1 aliphatic heterocycles. The van der Waals surface area contributed by atoms with E-state index in [0.717, 1.165) is 0 Å². The van der Waals surface area contributed by atoms with Crippen LogP contribution in [0.4, 0.5) is 0 Å². The van der Waals surface area contributed by atoms with Crippen LogP contribution in [0.1, 0.15) is 39.3 Å². The number of hydrogen-bond donors (Lipinski definition) is 1. The molecule has 0 bridgehead atoms. The minimum atomic E-state index is -3.50. The smallest absolute Gasteiger partial charge is 0.259 e. The van der Waals surface area contributed by atoms with E-state index in [1.807, 2.05) is 0 Å². The van der Waals surface area contributed by atoms with Crippen LogP contribution in [-0.2, 0) is 15.8 Å². The van der Waals surface area contributed by atoms with Crippen molar-refractivity contribution in [1.29, 1.82) is 0 Å². The van der Waals surface area contributed by atoms with Crippen LogP contribution in [0.5, 0.6) is 5.75 Å². The first kappa shape index (κ1) is 16.5. The monoisotopic (exact) mass is 298 g/mol. The minimum absolute atomic E-state index is 0. The number of ether oxygens (including phenoxy) is 1. The van der Waals surface area contributed by atoms with Crippen molar-refractivity contribution in [2.45, 2.75) is 34.0 Å². The highest BCUT2D eigenvalue weighted by Gasteiger charge is 2.25. The molecular formula is C14H22N2O3S. The van der Waals surface area contributed by atoms with E-state index in [1.165, 1.54) is 0 Å². The number of rotatable bonds is 2. The maximum atomic E-state index is 11.5. The predicted octanol–water partition coefficient (Wildman–Crippen LogP) is 2.30. The Morgan fingerprint density at radius 3 is 2.60 bits per heavy atom. The lowest BCUT2D eigenvalue weighted by molar-refractivity contribution is 0.197. The van der Waals surface area contributed by atoms with Gasteiger partial charge in [-0.25, -0.2) is 8.42 Å². The van der Waals surface area contributed by atoms with Gasteiger partial charge in [-0.3, -0.25) is 0 Å². The van der Waals surface area contributed by atoms with E-state index in [4.69, 9.17) is 10.5 Å². The molecule has 0 spiro atoms. The molecule has 0 atom stereocenters. The first-order valence-corrected chi connectivity index (χ1v) is 7.62. The molecule has 6 heteroatoms. The van der Waals surface area contributed by atoms with E-state index < -0.39 is 10.0 Å². The molecule has 1 aliphatic rings. The first-order chi connectivity index (χ1) is 8.68. The highest BCUT2D eigenvalue weighted by Crippen LogP contribution is 2.29. The molecule has 0 radical (unpaired) electrons. The molecule has 2 rings (SSSR count). The van der Waals surface area contributed by atoms with Gasteiger partial charge in [-0.15, -0.1) is 4.40 Å². The lowest BCUT2D eigenvalue weighted by Crippen LogP contribution is -2.26. The van der Waals surface area contributed by atoms with Crippen LogP contribution in [0, 0.1) is 5.41 Å². The largest absolute Gasteiger partial charge is 0.492 e. The van der Waals surface area contributed by atoms with Crippen molar-refractivity contribution < 1.29 is 13.2 Å². The zero-order valence-electron chi connectivity index (χ0n) is 11.3. The van der Waals surface area contributed by atoms with Gasteiger partial charge in [0.15, 0.2) is 0 Å². The molecule has 112 valence electrons. The SMILES string of the molecule is C.CC(C)(C)COc1cccc2c1C(N)=NS(=O)(=O)C2. The van der Waals surface area contributed by atoms with Crippen molar-refractivity contribution in [2.75, 3.05) is 6.61 Å². The van der Waals surface area contributed by atoms with E-state index in [-0.39, 0.29) is 24.4 Å². The summed E-state index contributed by atoms with van der Waals surface area (Å²) in [5.41, 5.74) is 7.00. The molecule has 20 heavy (non-hydrogen) atoms. The Bertz CT molecular complexity index is 628. The normalized spacial score (nSPS) is 16.6. The molecule has 0 unspecified atom stereocenters. The second kappa shape index (κ2) is 5.44. The molecule has 0 fully saturated rings.